The topological polar surface area (TPSA) is 193 Å². The van der Waals surface area contributed by atoms with E-state index in [0.717, 1.165) is 37.6 Å². The molecule has 14 nitrogen and oxygen atoms in total. The van der Waals surface area contributed by atoms with Crippen molar-refractivity contribution >= 4 is 52.3 Å². The average Bonchev–Trinajstić information content (AvgIpc) is 2.96. The van der Waals surface area contributed by atoms with Crippen LogP contribution in [-0.4, -0.2) is 68.7 Å². The molecule has 3 aromatic rings. The van der Waals surface area contributed by atoms with E-state index in [-0.39, 0.29) is 52.7 Å². The van der Waals surface area contributed by atoms with Gasteiger partial charge in [0.15, 0.2) is 11.2 Å². The Morgan fingerprint density at radius 1 is 1.07 bits per heavy atom. The van der Waals surface area contributed by atoms with Gasteiger partial charge in [0.25, 0.3) is 11.5 Å². The summed E-state index contributed by atoms with van der Waals surface area (Å²) in [5, 5.41) is 4.81. The highest BCUT2D eigenvalue weighted by Crippen LogP contribution is 2.26. The molecule has 0 fully saturated rings. The summed E-state index contributed by atoms with van der Waals surface area (Å²) in [5.41, 5.74) is -1.91. The first-order chi connectivity index (χ1) is 20.6. The number of ether oxygens (including phenoxy) is 1. The third-order valence-electron chi connectivity index (χ3n) is 6.06. The number of nitrogens with one attached hydrogen (secondary N) is 3. The molecule has 1 aromatic carbocycles. The Hall–Kier alpha value is -5.22. The molecule has 0 spiro atoms. The Balaban J connectivity index is 1.88. The van der Waals surface area contributed by atoms with E-state index >= 15 is 0 Å². The van der Waals surface area contributed by atoms with E-state index in [1.54, 1.807) is 13.8 Å². The Bertz CT molecular complexity index is 1640. The van der Waals surface area contributed by atoms with Crippen molar-refractivity contribution in [1.29, 1.82) is 0 Å². The van der Waals surface area contributed by atoms with Crippen LogP contribution in [0.1, 0.15) is 49.7 Å². The number of rotatable bonds is 11. The first-order valence-electron chi connectivity index (χ1n) is 13.0. The zero-order valence-corrected chi connectivity index (χ0v) is 23.9. The van der Waals surface area contributed by atoms with Gasteiger partial charge < -0.3 is 14.8 Å². The molecule has 3 amide bonds. The van der Waals surface area contributed by atoms with E-state index in [2.05, 4.69) is 35.3 Å². The first-order valence-corrected chi connectivity index (χ1v) is 13.0. The molecule has 0 saturated heterocycles. The summed E-state index contributed by atoms with van der Waals surface area (Å²) < 4.78 is 45.3. The lowest BCUT2D eigenvalue weighted by molar-refractivity contribution is -0.170. The van der Waals surface area contributed by atoms with Gasteiger partial charge in [-0.3, -0.25) is 34.4 Å². The number of anilines is 2. The van der Waals surface area contributed by atoms with E-state index in [0.29, 0.717) is 4.90 Å². The maximum atomic E-state index is 13.5. The molecule has 234 valence electrons. The number of Topliss-reactive ketones (excluding diaryl/α,β-unsaturated/α-hetero) is 1. The zero-order chi connectivity index (χ0) is 32.8. The second-order valence-corrected chi connectivity index (χ2v) is 9.82. The molecule has 0 aliphatic heterocycles. The number of methoxy groups -OCH3 is 1. The fourth-order valence-corrected chi connectivity index (χ4v) is 3.72. The summed E-state index contributed by atoms with van der Waals surface area (Å²) in [6.07, 6.45) is -4.32. The predicted molar refractivity (Wildman–Crippen MR) is 148 cm³/mol. The number of benzene rings is 1. The van der Waals surface area contributed by atoms with Crippen molar-refractivity contribution in [2.75, 3.05) is 17.3 Å². The molecule has 0 aliphatic carbocycles. The number of hydrogen-bond donors (Lipinski definition) is 3. The molecule has 0 bridgehead atoms. The number of fused-ring (bicyclic) bond motifs is 1. The third kappa shape index (κ3) is 8.42. The van der Waals surface area contributed by atoms with Crippen LogP contribution in [-0.2, 0) is 30.5 Å². The fraction of sp³-hybridized carbons (Fsp3) is 0.370. The molecule has 1 atom stereocenters. The molecule has 0 aliphatic rings. The van der Waals surface area contributed by atoms with Gasteiger partial charge in [0.05, 0.1) is 25.5 Å². The van der Waals surface area contributed by atoms with E-state index in [1.807, 2.05) is 0 Å². The molecule has 0 saturated carbocycles. The molecule has 0 radical (unpaired) electrons. The number of hydrogen-bond acceptors (Lipinski definition) is 10. The SMILES string of the molecule is COC(=O)[C@H](CCC(C)=O)NC(=O)c1ccc(N(Cc2cnc3nc(NC(=O)C(C)C)[nH]c(=O)c3n2)C(=O)C(F)(F)F)cc1. The van der Waals surface area contributed by atoms with Crippen molar-refractivity contribution in [3.05, 3.63) is 52.1 Å². The van der Waals surface area contributed by atoms with Gasteiger partial charge in [0.1, 0.15) is 11.8 Å². The summed E-state index contributed by atoms with van der Waals surface area (Å²) in [5.74, 6) is -5.09. The minimum Gasteiger partial charge on any atom is -0.467 e. The maximum Gasteiger partial charge on any atom is 0.471 e. The Morgan fingerprint density at radius 2 is 1.73 bits per heavy atom. The van der Waals surface area contributed by atoms with Gasteiger partial charge >= 0.3 is 18.1 Å². The fourth-order valence-electron chi connectivity index (χ4n) is 3.72. The van der Waals surface area contributed by atoms with Crippen LogP contribution >= 0.6 is 0 Å². The molecular weight excluding hydrogens is 591 g/mol. The van der Waals surface area contributed by atoms with Crippen LogP contribution in [0.3, 0.4) is 0 Å². The highest BCUT2D eigenvalue weighted by Gasteiger charge is 2.43. The molecule has 3 N–H and O–H groups in total. The molecule has 3 rings (SSSR count). The van der Waals surface area contributed by atoms with E-state index < -0.39 is 53.9 Å². The highest BCUT2D eigenvalue weighted by atomic mass is 19.4. The van der Waals surface area contributed by atoms with Crippen molar-refractivity contribution < 1.29 is 41.9 Å². The number of amides is 3. The lowest BCUT2D eigenvalue weighted by Crippen LogP contribution is -2.42. The van der Waals surface area contributed by atoms with Gasteiger partial charge in [0.2, 0.25) is 11.9 Å². The number of nitrogens with zero attached hydrogens (tertiary/aromatic N) is 4. The smallest absolute Gasteiger partial charge is 0.467 e. The van der Waals surface area contributed by atoms with Crippen LogP contribution in [0, 0.1) is 5.92 Å². The number of halogens is 3. The Labute approximate surface area is 247 Å². The Kier molecular flexibility index (Phi) is 10.5. The number of aromatic nitrogens is 4. The number of H-pyrrole nitrogens is 1. The first kappa shape index (κ1) is 33.3. The second-order valence-electron chi connectivity index (χ2n) is 9.82. The number of ketones is 1. The predicted octanol–water partition coefficient (Wildman–Crippen LogP) is 2.04. The summed E-state index contributed by atoms with van der Waals surface area (Å²) in [4.78, 5) is 87.5. The minimum absolute atomic E-state index is 0.0110. The maximum absolute atomic E-state index is 13.5. The number of carbonyl (C=O) groups excluding carboxylic acids is 5. The summed E-state index contributed by atoms with van der Waals surface area (Å²) >= 11 is 0. The van der Waals surface area contributed by atoms with Crippen LogP contribution < -0.4 is 21.1 Å². The van der Waals surface area contributed by atoms with Crippen molar-refractivity contribution in [3.63, 3.8) is 0 Å². The number of alkyl halides is 3. The molecule has 0 unspecified atom stereocenters. The summed E-state index contributed by atoms with van der Waals surface area (Å²) in [7, 11) is 1.10. The van der Waals surface area contributed by atoms with Crippen LogP contribution in [0.2, 0.25) is 0 Å². The minimum atomic E-state index is -5.30. The quantitative estimate of drug-likeness (QED) is 0.268. The highest BCUT2D eigenvalue weighted by molar-refractivity contribution is 5.99. The number of carbonyl (C=O) groups is 5. The molecular formula is C27H28F3N7O7. The van der Waals surface area contributed by atoms with E-state index in [4.69, 9.17) is 0 Å². The molecule has 2 aromatic heterocycles. The third-order valence-corrected chi connectivity index (χ3v) is 6.06. The average molecular weight is 620 g/mol. The van der Waals surface area contributed by atoms with E-state index in [1.165, 1.54) is 6.92 Å². The second kappa shape index (κ2) is 13.8. The summed E-state index contributed by atoms with van der Waals surface area (Å²) in [6, 6.07) is 3.27. The van der Waals surface area contributed by atoms with Crippen LogP contribution in [0.15, 0.2) is 35.3 Å². The molecule has 2 heterocycles. The van der Waals surface area contributed by atoms with Gasteiger partial charge in [-0.15, -0.1) is 0 Å². The van der Waals surface area contributed by atoms with Crippen molar-refractivity contribution in [2.24, 2.45) is 5.92 Å². The van der Waals surface area contributed by atoms with Gasteiger partial charge in [0, 0.05) is 23.6 Å². The zero-order valence-electron chi connectivity index (χ0n) is 23.9. The Morgan fingerprint density at radius 3 is 2.30 bits per heavy atom. The largest absolute Gasteiger partial charge is 0.471 e. The molecule has 17 heteroatoms. The number of esters is 1. The number of aromatic amines is 1. The standard InChI is InChI=1S/C27H28F3N7O7/c1-13(2)21(39)35-26-34-20-19(23(41)36-26)32-16(11-31-20)12-37(25(43)27(28,29)30)17-8-6-15(7-9-17)22(40)33-18(24(42)44-4)10-5-14(3)38/h6-9,11,13,18H,5,10,12H2,1-4H3,(H,33,40)(H2,31,34,35,36,39,41)/t18-/m0/s1. The summed E-state index contributed by atoms with van der Waals surface area (Å²) in [6.45, 7) is 3.78. The van der Waals surface area contributed by atoms with Gasteiger partial charge in [-0.2, -0.15) is 18.2 Å². The molecule has 44 heavy (non-hydrogen) atoms. The van der Waals surface area contributed by atoms with Crippen molar-refractivity contribution in [3.8, 4) is 0 Å². The van der Waals surface area contributed by atoms with Crippen LogP contribution in [0.5, 0.6) is 0 Å². The van der Waals surface area contributed by atoms with Crippen molar-refractivity contribution in [2.45, 2.75) is 52.4 Å². The lowest BCUT2D eigenvalue weighted by Gasteiger charge is -2.24. The monoisotopic (exact) mass is 619 g/mol. The van der Waals surface area contributed by atoms with Crippen molar-refractivity contribution in [1.82, 2.24) is 25.3 Å². The normalized spacial score (nSPS) is 12.0. The van der Waals surface area contributed by atoms with Gasteiger partial charge in [-0.25, -0.2) is 14.8 Å². The lowest BCUT2D eigenvalue weighted by atomic mass is 10.1. The van der Waals surface area contributed by atoms with Gasteiger partial charge in [-0.1, -0.05) is 13.8 Å². The van der Waals surface area contributed by atoms with Crippen LogP contribution in [0.25, 0.3) is 11.2 Å². The van der Waals surface area contributed by atoms with Crippen LogP contribution in [0.4, 0.5) is 24.8 Å². The van der Waals surface area contributed by atoms with E-state index in [9.17, 15) is 41.9 Å². The van der Waals surface area contributed by atoms with Gasteiger partial charge in [-0.05, 0) is 37.6 Å².